The highest BCUT2D eigenvalue weighted by Crippen LogP contribution is 2.33. The van der Waals surface area contributed by atoms with Crippen LogP contribution in [0.25, 0.3) is 5.69 Å². The molecule has 3 aromatic rings. The second kappa shape index (κ2) is 8.64. The molecule has 1 aromatic carbocycles. The normalized spacial score (nSPS) is 13.1. The number of carbonyl (C=O) groups excluding carboxylic acids is 2. The van der Waals surface area contributed by atoms with Crippen LogP contribution >= 0.6 is 0 Å². The molecule has 0 unspecified atom stereocenters. The number of nitrogens with zero attached hydrogens (tertiary/aromatic N) is 3. The second-order valence-corrected chi connectivity index (χ2v) is 7.43. The molecule has 0 saturated heterocycles. The molecule has 3 heterocycles. The van der Waals surface area contributed by atoms with Gasteiger partial charge in [-0.3, -0.25) is 14.3 Å². The molecule has 0 aliphatic carbocycles. The van der Waals surface area contributed by atoms with Gasteiger partial charge in [-0.05, 0) is 38.1 Å². The molecule has 1 aliphatic heterocycles. The van der Waals surface area contributed by atoms with Gasteiger partial charge < -0.3 is 18.8 Å². The molecule has 174 valence electrons. The minimum atomic E-state index is -4.61. The van der Waals surface area contributed by atoms with Gasteiger partial charge >= 0.3 is 12.1 Å². The molecule has 2 aromatic heterocycles. The van der Waals surface area contributed by atoms with Gasteiger partial charge in [-0.15, -0.1) is 0 Å². The van der Waals surface area contributed by atoms with E-state index in [-0.39, 0.29) is 0 Å². The Bertz CT molecular complexity index is 1210. The zero-order chi connectivity index (χ0) is 23.8. The Morgan fingerprint density at radius 3 is 2.52 bits per heavy atom. The van der Waals surface area contributed by atoms with Crippen molar-refractivity contribution in [3.63, 3.8) is 0 Å². The third-order valence-corrected chi connectivity index (χ3v) is 5.10. The number of aryl methyl sites for hydroxylation is 1. The molecule has 1 aliphatic rings. The Morgan fingerprint density at radius 1 is 1.09 bits per heavy atom. The fraction of sp³-hybridized carbons (Fsp3) is 0.318. The third kappa shape index (κ3) is 4.71. The number of fused-ring (bicyclic) bond motifs is 1. The Kier molecular flexibility index (Phi) is 5.88. The van der Waals surface area contributed by atoms with Crippen molar-refractivity contribution >= 4 is 11.8 Å². The number of hydrogen-bond acceptors (Lipinski definition) is 6. The highest BCUT2D eigenvalue weighted by Gasteiger charge is 2.33. The molecule has 11 heteroatoms. The minimum Gasteiger partial charge on any atom is -0.486 e. The molecule has 0 radical (unpaired) electrons. The van der Waals surface area contributed by atoms with E-state index in [0.717, 1.165) is 28.3 Å². The quantitative estimate of drug-likeness (QED) is 0.411. The fourth-order valence-electron chi connectivity index (χ4n) is 3.62. The van der Waals surface area contributed by atoms with E-state index in [2.05, 4.69) is 5.10 Å². The average molecular weight is 463 g/mol. The van der Waals surface area contributed by atoms with Crippen molar-refractivity contribution in [3.8, 4) is 17.2 Å². The van der Waals surface area contributed by atoms with Gasteiger partial charge in [0.25, 0.3) is 0 Å². The van der Waals surface area contributed by atoms with E-state index in [4.69, 9.17) is 14.2 Å². The first-order valence-corrected chi connectivity index (χ1v) is 10.0. The van der Waals surface area contributed by atoms with Crippen LogP contribution in [0.2, 0.25) is 0 Å². The van der Waals surface area contributed by atoms with Gasteiger partial charge in [0.15, 0.2) is 23.8 Å². The molecule has 8 nitrogen and oxygen atoms in total. The van der Waals surface area contributed by atoms with Crippen molar-refractivity contribution in [2.75, 3.05) is 19.8 Å². The zero-order valence-electron chi connectivity index (χ0n) is 17.8. The second-order valence-electron chi connectivity index (χ2n) is 7.43. The van der Waals surface area contributed by atoms with Crippen LogP contribution in [0.5, 0.6) is 11.5 Å². The standard InChI is InChI=1S/C22H20F3N3O5/c1-13-9-16(14(2)28(13)15-3-4-18-19(10-15)32-8-7-31-18)17(29)12-33-21(30)11-27-6-5-20(26-27)22(23,24)25/h3-6,9-10H,7-8,11-12H2,1-2H3. The first-order chi connectivity index (χ1) is 15.6. The third-order valence-electron chi connectivity index (χ3n) is 5.10. The summed E-state index contributed by atoms with van der Waals surface area (Å²) in [7, 11) is 0. The molecular weight excluding hydrogens is 443 g/mol. The van der Waals surface area contributed by atoms with Crippen LogP contribution in [0.15, 0.2) is 36.5 Å². The van der Waals surface area contributed by atoms with Crippen molar-refractivity contribution in [3.05, 3.63) is 59.2 Å². The van der Waals surface area contributed by atoms with Crippen molar-refractivity contribution in [1.29, 1.82) is 0 Å². The first-order valence-electron chi connectivity index (χ1n) is 10.0. The summed E-state index contributed by atoms with van der Waals surface area (Å²) in [6.07, 6.45) is -3.59. The van der Waals surface area contributed by atoms with Gasteiger partial charge in [0.05, 0.1) is 0 Å². The van der Waals surface area contributed by atoms with Gasteiger partial charge in [-0.2, -0.15) is 18.3 Å². The topological polar surface area (TPSA) is 84.6 Å². The van der Waals surface area contributed by atoms with Gasteiger partial charge in [-0.1, -0.05) is 0 Å². The lowest BCUT2D eigenvalue weighted by molar-refractivity contribution is -0.145. The number of ketones is 1. The predicted molar refractivity (Wildman–Crippen MR) is 109 cm³/mol. The van der Waals surface area contributed by atoms with Crippen LogP contribution in [0, 0.1) is 13.8 Å². The number of aromatic nitrogens is 3. The summed E-state index contributed by atoms with van der Waals surface area (Å²) < 4.78 is 56.6. The molecule has 0 saturated carbocycles. The predicted octanol–water partition coefficient (Wildman–Crippen LogP) is 3.51. The van der Waals surface area contributed by atoms with Crippen LogP contribution in [0.3, 0.4) is 0 Å². The summed E-state index contributed by atoms with van der Waals surface area (Å²) in [6, 6.07) is 7.91. The van der Waals surface area contributed by atoms with Crippen LogP contribution in [-0.4, -0.2) is 45.9 Å². The van der Waals surface area contributed by atoms with Crippen LogP contribution in [0.1, 0.15) is 27.4 Å². The maximum Gasteiger partial charge on any atom is 0.435 e. The van der Waals surface area contributed by atoms with E-state index in [1.54, 1.807) is 19.1 Å². The largest absolute Gasteiger partial charge is 0.486 e. The monoisotopic (exact) mass is 463 g/mol. The summed E-state index contributed by atoms with van der Waals surface area (Å²) in [4.78, 5) is 24.7. The first kappa shape index (κ1) is 22.4. The van der Waals surface area contributed by atoms with E-state index in [9.17, 15) is 22.8 Å². The Morgan fingerprint density at radius 2 is 1.82 bits per heavy atom. The molecular formula is C22H20F3N3O5. The van der Waals surface area contributed by atoms with Crippen molar-refractivity contribution in [2.24, 2.45) is 0 Å². The minimum absolute atomic E-state index is 0.369. The summed E-state index contributed by atoms with van der Waals surface area (Å²) in [5.74, 6) is -0.0481. The molecule has 0 N–H and O–H groups in total. The van der Waals surface area contributed by atoms with Crippen molar-refractivity contribution in [2.45, 2.75) is 26.6 Å². The number of ether oxygens (including phenoxy) is 3. The van der Waals surface area contributed by atoms with Crippen molar-refractivity contribution in [1.82, 2.24) is 14.3 Å². The number of hydrogen-bond donors (Lipinski definition) is 0. The summed E-state index contributed by atoms with van der Waals surface area (Å²) >= 11 is 0. The molecule has 33 heavy (non-hydrogen) atoms. The highest BCUT2D eigenvalue weighted by atomic mass is 19.4. The molecule has 0 amide bonds. The molecule has 0 fully saturated rings. The lowest BCUT2D eigenvalue weighted by Crippen LogP contribution is -2.19. The fourth-order valence-corrected chi connectivity index (χ4v) is 3.62. The van der Waals surface area contributed by atoms with Gasteiger partial charge in [0, 0.05) is 34.9 Å². The zero-order valence-corrected chi connectivity index (χ0v) is 17.8. The van der Waals surface area contributed by atoms with Gasteiger partial charge in [0.1, 0.15) is 19.8 Å². The number of alkyl halides is 3. The maximum atomic E-state index is 12.7. The highest BCUT2D eigenvalue weighted by molar-refractivity contribution is 5.99. The summed E-state index contributed by atoms with van der Waals surface area (Å²) in [6.45, 7) is 3.45. The maximum absolute atomic E-state index is 12.7. The molecule has 0 bridgehead atoms. The van der Waals surface area contributed by atoms with E-state index >= 15 is 0 Å². The average Bonchev–Trinajstić information content (AvgIpc) is 3.36. The SMILES string of the molecule is Cc1cc(C(=O)COC(=O)Cn2ccc(C(F)(F)F)n2)c(C)n1-c1ccc2c(c1)OCCO2. The summed E-state index contributed by atoms with van der Waals surface area (Å²) in [5.41, 5.74) is 1.47. The smallest absolute Gasteiger partial charge is 0.435 e. The lowest BCUT2D eigenvalue weighted by Gasteiger charge is -2.20. The Balaban J connectivity index is 1.43. The van der Waals surface area contributed by atoms with Gasteiger partial charge in [0.2, 0.25) is 5.78 Å². The summed E-state index contributed by atoms with van der Waals surface area (Å²) in [5, 5.41) is 3.28. The number of benzene rings is 1. The number of carbonyl (C=O) groups is 2. The van der Waals surface area contributed by atoms with Crippen LogP contribution < -0.4 is 9.47 Å². The number of rotatable bonds is 6. The molecule has 0 atom stereocenters. The Labute approximate surface area is 186 Å². The van der Waals surface area contributed by atoms with Crippen LogP contribution in [0.4, 0.5) is 13.2 Å². The lowest BCUT2D eigenvalue weighted by atomic mass is 10.1. The number of Topliss-reactive ketones (excluding diaryl/α,β-unsaturated/α-hetero) is 1. The molecule has 4 rings (SSSR count). The van der Waals surface area contributed by atoms with Gasteiger partial charge in [-0.25, -0.2) is 0 Å². The van der Waals surface area contributed by atoms with Crippen LogP contribution in [-0.2, 0) is 22.3 Å². The van der Waals surface area contributed by atoms with E-state index in [1.807, 2.05) is 23.6 Å². The number of halogens is 3. The Hall–Kier alpha value is -3.76. The van der Waals surface area contributed by atoms with E-state index in [1.165, 1.54) is 0 Å². The number of esters is 1. The molecule has 0 spiro atoms. The van der Waals surface area contributed by atoms with E-state index < -0.39 is 36.8 Å². The van der Waals surface area contributed by atoms with E-state index in [0.29, 0.717) is 36.0 Å². The van der Waals surface area contributed by atoms with Crippen molar-refractivity contribution < 1.29 is 37.0 Å².